The van der Waals surface area contributed by atoms with Crippen molar-refractivity contribution in [2.45, 2.75) is 18.5 Å². The van der Waals surface area contributed by atoms with Crippen molar-refractivity contribution in [3.05, 3.63) is 71.0 Å². The number of hydrogen-bond donors (Lipinski definition) is 1. The lowest BCUT2D eigenvalue weighted by molar-refractivity contribution is -0.118. The SMILES string of the molecule is Cc1ccc(-n2nnc3c(SCC(=O)NCc4ccccc4Cl)ncnc32)cc1. The van der Waals surface area contributed by atoms with Gasteiger partial charge in [-0.2, -0.15) is 4.68 Å². The van der Waals surface area contributed by atoms with Gasteiger partial charge in [-0.15, -0.1) is 5.10 Å². The van der Waals surface area contributed by atoms with Gasteiger partial charge >= 0.3 is 0 Å². The van der Waals surface area contributed by atoms with Gasteiger partial charge < -0.3 is 5.32 Å². The Morgan fingerprint density at radius 1 is 1.14 bits per heavy atom. The second-order valence-corrected chi connectivity index (χ2v) is 7.72. The van der Waals surface area contributed by atoms with E-state index in [0.29, 0.717) is 27.8 Å². The van der Waals surface area contributed by atoms with Crippen LogP contribution in [0, 0.1) is 6.92 Å². The fourth-order valence-corrected chi connectivity index (χ4v) is 3.68. The molecule has 2 heterocycles. The van der Waals surface area contributed by atoms with E-state index in [4.69, 9.17) is 11.6 Å². The van der Waals surface area contributed by atoms with Gasteiger partial charge in [0.15, 0.2) is 11.2 Å². The lowest BCUT2D eigenvalue weighted by Gasteiger charge is -2.07. The zero-order chi connectivity index (χ0) is 20.2. The number of halogens is 1. The Morgan fingerprint density at radius 3 is 2.72 bits per heavy atom. The first-order chi connectivity index (χ1) is 14.1. The highest BCUT2D eigenvalue weighted by Gasteiger charge is 2.14. The average molecular weight is 425 g/mol. The monoisotopic (exact) mass is 424 g/mol. The van der Waals surface area contributed by atoms with Crippen LogP contribution in [0.2, 0.25) is 5.02 Å². The van der Waals surface area contributed by atoms with E-state index in [2.05, 4.69) is 25.6 Å². The molecular weight excluding hydrogens is 408 g/mol. The third-order valence-electron chi connectivity index (χ3n) is 4.26. The number of carbonyl (C=O) groups is 1. The maximum atomic E-state index is 12.2. The van der Waals surface area contributed by atoms with Crippen molar-refractivity contribution >= 4 is 40.4 Å². The smallest absolute Gasteiger partial charge is 0.230 e. The molecule has 146 valence electrons. The van der Waals surface area contributed by atoms with Gasteiger partial charge in [-0.25, -0.2) is 9.97 Å². The normalized spacial score (nSPS) is 11.0. The molecule has 0 fully saturated rings. The van der Waals surface area contributed by atoms with Crippen LogP contribution < -0.4 is 5.32 Å². The minimum absolute atomic E-state index is 0.118. The number of thioether (sulfide) groups is 1. The Labute approximate surface area is 176 Å². The van der Waals surface area contributed by atoms with Gasteiger partial charge in [0.2, 0.25) is 5.91 Å². The first-order valence-corrected chi connectivity index (χ1v) is 10.2. The van der Waals surface area contributed by atoms with E-state index in [9.17, 15) is 4.79 Å². The fraction of sp³-hybridized carbons (Fsp3) is 0.150. The molecule has 0 aliphatic rings. The summed E-state index contributed by atoms with van der Waals surface area (Å²) in [4.78, 5) is 20.8. The average Bonchev–Trinajstić information content (AvgIpc) is 3.17. The molecule has 1 N–H and O–H groups in total. The van der Waals surface area contributed by atoms with Gasteiger partial charge in [0.25, 0.3) is 0 Å². The standard InChI is InChI=1S/C20H17ClN6OS/c1-13-6-8-15(9-7-13)27-19-18(25-26-27)20(24-12-23-19)29-11-17(28)22-10-14-4-2-3-5-16(14)21/h2-9,12H,10-11H2,1H3,(H,22,28). The number of nitrogens with zero attached hydrogens (tertiary/aromatic N) is 5. The first-order valence-electron chi connectivity index (χ1n) is 8.88. The Bertz CT molecular complexity index is 1160. The van der Waals surface area contributed by atoms with Gasteiger partial charge in [0, 0.05) is 11.6 Å². The highest BCUT2D eigenvalue weighted by atomic mass is 35.5. The maximum Gasteiger partial charge on any atom is 0.230 e. The highest BCUT2D eigenvalue weighted by Crippen LogP contribution is 2.24. The van der Waals surface area contributed by atoms with Crippen LogP contribution in [-0.4, -0.2) is 36.6 Å². The molecule has 2 aromatic heterocycles. The number of aromatic nitrogens is 5. The van der Waals surface area contributed by atoms with Crippen molar-refractivity contribution < 1.29 is 4.79 Å². The number of amides is 1. The van der Waals surface area contributed by atoms with Crippen molar-refractivity contribution in [3.8, 4) is 5.69 Å². The van der Waals surface area contributed by atoms with E-state index in [-0.39, 0.29) is 11.7 Å². The van der Waals surface area contributed by atoms with Crippen LogP contribution in [0.5, 0.6) is 0 Å². The van der Waals surface area contributed by atoms with Crippen LogP contribution in [0.3, 0.4) is 0 Å². The summed E-state index contributed by atoms with van der Waals surface area (Å²) in [7, 11) is 0. The molecule has 2 aromatic carbocycles. The summed E-state index contributed by atoms with van der Waals surface area (Å²) < 4.78 is 1.66. The molecule has 1 amide bonds. The third-order valence-corrected chi connectivity index (χ3v) is 5.60. The Hall–Kier alpha value is -2.97. The van der Waals surface area contributed by atoms with Crippen molar-refractivity contribution in [1.82, 2.24) is 30.3 Å². The second kappa shape index (κ2) is 8.59. The topological polar surface area (TPSA) is 85.6 Å². The Kier molecular flexibility index (Phi) is 5.73. The zero-order valence-electron chi connectivity index (χ0n) is 15.5. The summed E-state index contributed by atoms with van der Waals surface area (Å²) in [5, 5.41) is 12.5. The van der Waals surface area contributed by atoms with E-state index >= 15 is 0 Å². The lowest BCUT2D eigenvalue weighted by atomic mass is 10.2. The summed E-state index contributed by atoms with van der Waals surface area (Å²) in [6.07, 6.45) is 1.46. The molecular formula is C20H17ClN6OS. The molecule has 0 unspecified atom stereocenters. The molecule has 4 aromatic rings. The van der Waals surface area contributed by atoms with Crippen LogP contribution >= 0.6 is 23.4 Å². The largest absolute Gasteiger partial charge is 0.351 e. The summed E-state index contributed by atoms with van der Waals surface area (Å²) in [6.45, 7) is 2.40. The van der Waals surface area contributed by atoms with Crippen molar-refractivity contribution in [2.24, 2.45) is 0 Å². The van der Waals surface area contributed by atoms with Gasteiger partial charge in [-0.1, -0.05) is 64.5 Å². The number of nitrogens with one attached hydrogen (secondary N) is 1. The van der Waals surface area contributed by atoms with Crippen LogP contribution in [0.1, 0.15) is 11.1 Å². The molecule has 0 aliphatic carbocycles. The molecule has 0 radical (unpaired) electrons. The summed E-state index contributed by atoms with van der Waals surface area (Å²) in [5.74, 6) is 0.0844. The first kappa shape index (κ1) is 19.4. The summed E-state index contributed by atoms with van der Waals surface area (Å²) in [6, 6.07) is 15.3. The van der Waals surface area contributed by atoms with Crippen LogP contribution in [0.25, 0.3) is 16.9 Å². The Balaban J connectivity index is 1.45. The third kappa shape index (κ3) is 4.38. The van der Waals surface area contributed by atoms with Crippen LogP contribution in [0.4, 0.5) is 0 Å². The van der Waals surface area contributed by atoms with E-state index in [1.807, 2.05) is 49.4 Å². The molecule has 0 aliphatic heterocycles. The molecule has 7 nitrogen and oxygen atoms in total. The minimum atomic E-state index is -0.118. The number of fused-ring (bicyclic) bond motifs is 1. The van der Waals surface area contributed by atoms with E-state index < -0.39 is 0 Å². The summed E-state index contributed by atoms with van der Waals surface area (Å²) in [5.41, 5.74) is 4.06. The van der Waals surface area contributed by atoms with Crippen molar-refractivity contribution in [3.63, 3.8) is 0 Å². The lowest BCUT2D eigenvalue weighted by Crippen LogP contribution is -2.24. The number of benzene rings is 2. The quantitative estimate of drug-likeness (QED) is 0.376. The molecule has 0 spiro atoms. The predicted octanol–water partition coefficient (Wildman–Crippen LogP) is 3.58. The minimum Gasteiger partial charge on any atom is -0.351 e. The van der Waals surface area contributed by atoms with Gasteiger partial charge in [-0.3, -0.25) is 4.79 Å². The van der Waals surface area contributed by atoms with E-state index in [1.54, 1.807) is 10.7 Å². The van der Waals surface area contributed by atoms with Crippen molar-refractivity contribution in [2.75, 3.05) is 5.75 Å². The Morgan fingerprint density at radius 2 is 1.93 bits per heavy atom. The van der Waals surface area contributed by atoms with Crippen LogP contribution in [0.15, 0.2) is 59.9 Å². The van der Waals surface area contributed by atoms with Gasteiger partial charge in [0.05, 0.1) is 11.4 Å². The fourth-order valence-electron chi connectivity index (χ4n) is 2.71. The highest BCUT2D eigenvalue weighted by molar-refractivity contribution is 8.00. The number of rotatable bonds is 6. The molecule has 9 heteroatoms. The number of carbonyl (C=O) groups excluding carboxylic acids is 1. The van der Waals surface area contributed by atoms with E-state index in [0.717, 1.165) is 16.8 Å². The van der Waals surface area contributed by atoms with Gasteiger partial charge in [-0.05, 0) is 30.7 Å². The number of hydrogen-bond acceptors (Lipinski definition) is 6. The second-order valence-electron chi connectivity index (χ2n) is 6.34. The van der Waals surface area contributed by atoms with Crippen molar-refractivity contribution in [1.29, 1.82) is 0 Å². The molecule has 0 saturated carbocycles. The molecule has 0 bridgehead atoms. The maximum absolute atomic E-state index is 12.2. The molecule has 0 atom stereocenters. The molecule has 4 rings (SSSR count). The predicted molar refractivity (Wildman–Crippen MR) is 113 cm³/mol. The van der Waals surface area contributed by atoms with Crippen LogP contribution in [-0.2, 0) is 11.3 Å². The zero-order valence-corrected chi connectivity index (χ0v) is 17.1. The van der Waals surface area contributed by atoms with E-state index in [1.165, 1.54) is 18.1 Å². The molecule has 29 heavy (non-hydrogen) atoms. The molecule has 0 saturated heterocycles. The van der Waals surface area contributed by atoms with Gasteiger partial charge in [0.1, 0.15) is 11.4 Å². The number of aryl methyl sites for hydroxylation is 1. The summed E-state index contributed by atoms with van der Waals surface area (Å²) >= 11 is 7.41.